The largest absolute Gasteiger partial charge is 0.492 e. The summed E-state index contributed by atoms with van der Waals surface area (Å²) in [6, 6.07) is 2.80. The second-order valence-corrected chi connectivity index (χ2v) is 6.11. The maximum Gasteiger partial charge on any atom is 0.137 e. The molecule has 0 aromatic carbocycles. The minimum Gasteiger partial charge on any atom is -0.492 e. The van der Waals surface area contributed by atoms with Crippen LogP contribution in [0.5, 0.6) is 5.75 Å². The van der Waals surface area contributed by atoms with E-state index in [0.29, 0.717) is 12.0 Å². The Bertz CT molecular complexity index is 408. The van der Waals surface area contributed by atoms with Crippen LogP contribution in [-0.4, -0.2) is 24.2 Å². The molecule has 1 aromatic heterocycles. The van der Waals surface area contributed by atoms with Crippen LogP contribution < -0.4 is 10.1 Å². The molecule has 1 aromatic rings. The van der Waals surface area contributed by atoms with E-state index in [1.807, 2.05) is 12.4 Å². The lowest BCUT2D eigenvalue weighted by atomic mass is 9.88. The Kier molecular flexibility index (Phi) is 7.01. The van der Waals surface area contributed by atoms with Gasteiger partial charge in [0.15, 0.2) is 0 Å². The van der Waals surface area contributed by atoms with E-state index in [1.165, 1.54) is 44.1 Å². The Balaban J connectivity index is 2.10. The second kappa shape index (κ2) is 9.04. The molecule has 1 N–H and O–H groups in total. The zero-order chi connectivity index (χ0) is 14.9. The highest BCUT2D eigenvalue weighted by Crippen LogP contribution is 2.33. The van der Waals surface area contributed by atoms with Gasteiger partial charge in [-0.05, 0) is 43.9 Å². The van der Waals surface area contributed by atoms with E-state index in [9.17, 15) is 0 Å². The Hall–Kier alpha value is -1.09. The molecule has 1 heterocycles. The molecule has 118 valence electrons. The third-order valence-electron chi connectivity index (χ3n) is 4.31. The van der Waals surface area contributed by atoms with Crippen molar-refractivity contribution in [3.63, 3.8) is 0 Å². The van der Waals surface area contributed by atoms with E-state index < -0.39 is 0 Å². The van der Waals surface area contributed by atoms with Crippen LogP contribution in [0.15, 0.2) is 18.5 Å². The number of nitrogens with one attached hydrogen (secondary N) is 1. The third-order valence-corrected chi connectivity index (χ3v) is 4.31. The van der Waals surface area contributed by atoms with Crippen LogP contribution in [0.1, 0.15) is 70.3 Å². The minimum absolute atomic E-state index is 0.580. The van der Waals surface area contributed by atoms with Crippen LogP contribution >= 0.6 is 0 Å². The Morgan fingerprint density at radius 2 is 2.00 bits per heavy atom. The summed E-state index contributed by atoms with van der Waals surface area (Å²) in [6.07, 6.45) is 12.7. The van der Waals surface area contributed by atoms with Crippen LogP contribution in [0.25, 0.3) is 0 Å². The fourth-order valence-corrected chi connectivity index (χ4v) is 3.22. The van der Waals surface area contributed by atoms with Crippen LogP contribution in [0.2, 0.25) is 0 Å². The summed E-state index contributed by atoms with van der Waals surface area (Å²) in [5.74, 6) is 1.50. The molecule has 2 atom stereocenters. The Labute approximate surface area is 129 Å². The molecule has 1 aliphatic rings. The van der Waals surface area contributed by atoms with E-state index in [-0.39, 0.29) is 0 Å². The normalized spacial score (nSPS) is 22.8. The molecular formula is C18H30N2O. The van der Waals surface area contributed by atoms with Gasteiger partial charge in [-0.1, -0.05) is 33.1 Å². The third kappa shape index (κ3) is 4.99. The molecule has 3 heteroatoms. The molecule has 0 bridgehead atoms. The van der Waals surface area contributed by atoms with Gasteiger partial charge in [0.25, 0.3) is 0 Å². The highest BCUT2D eigenvalue weighted by molar-refractivity contribution is 5.27. The topological polar surface area (TPSA) is 34.2 Å². The number of aromatic nitrogens is 1. The molecule has 2 rings (SSSR count). The van der Waals surface area contributed by atoms with E-state index in [4.69, 9.17) is 4.74 Å². The predicted molar refractivity (Wildman–Crippen MR) is 87.9 cm³/mol. The number of nitrogens with zero attached hydrogens (tertiary/aromatic N) is 1. The van der Waals surface area contributed by atoms with Gasteiger partial charge in [0, 0.05) is 18.2 Å². The van der Waals surface area contributed by atoms with E-state index in [1.54, 1.807) is 0 Å². The molecule has 1 aliphatic carbocycles. The van der Waals surface area contributed by atoms with Crippen molar-refractivity contribution >= 4 is 0 Å². The quantitative estimate of drug-likeness (QED) is 0.761. The highest BCUT2D eigenvalue weighted by atomic mass is 16.5. The molecule has 21 heavy (non-hydrogen) atoms. The van der Waals surface area contributed by atoms with Crippen molar-refractivity contribution in [1.29, 1.82) is 0 Å². The van der Waals surface area contributed by atoms with Gasteiger partial charge in [0.2, 0.25) is 0 Å². The molecule has 0 amide bonds. The summed E-state index contributed by atoms with van der Waals surface area (Å²) in [5, 5.41) is 3.75. The zero-order valence-corrected chi connectivity index (χ0v) is 13.6. The average molecular weight is 290 g/mol. The fraction of sp³-hybridized carbons (Fsp3) is 0.722. The van der Waals surface area contributed by atoms with Crippen molar-refractivity contribution in [1.82, 2.24) is 10.3 Å². The van der Waals surface area contributed by atoms with Crippen molar-refractivity contribution in [2.24, 2.45) is 0 Å². The first-order valence-corrected chi connectivity index (χ1v) is 8.66. The van der Waals surface area contributed by atoms with E-state index in [2.05, 4.69) is 30.2 Å². The van der Waals surface area contributed by atoms with Gasteiger partial charge in [-0.3, -0.25) is 4.98 Å². The standard InChI is InChI=1S/C18H30N2O/c1-3-10-20-18-9-7-5-6-8-17(18)15-12-16(14-19-13-15)21-11-4-2/h12-14,17-18,20H,3-11H2,1-2H3. The number of hydrogen-bond acceptors (Lipinski definition) is 3. The van der Waals surface area contributed by atoms with Gasteiger partial charge in [-0.25, -0.2) is 0 Å². The second-order valence-electron chi connectivity index (χ2n) is 6.11. The maximum absolute atomic E-state index is 5.75. The highest BCUT2D eigenvalue weighted by Gasteiger charge is 2.25. The lowest BCUT2D eigenvalue weighted by Crippen LogP contribution is -2.34. The first-order chi connectivity index (χ1) is 10.3. The SMILES string of the molecule is CCCNC1CCCCCC1c1cncc(OCCC)c1. The van der Waals surface area contributed by atoms with Gasteiger partial charge in [-0.15, -0.1) is 0 Å². The minimum atomic E-state index is 0.580. The summed E-state index contributed by atoms with van der Waals surface area (Å²) in [7, 11) is 0. The van der Waals surface area contributed by atoms with Crippen molar-refractivity contribution in [2.75, 3.05) is 13.2 Å². The number of ether oxygens (including phenoxy) is 1. The fourth-order valence-electron chi connectivity index (χ4n) is 3.22. The summed E-state index contributed by atoms with van der Waals surface area (Å²) >= 11 is 0. The molecule has 1 saturated carbocycles. The Morgan fingerprint density at radius 1 is 1.14 bits per heavy atom. The lowest BCUT2D eigenvalue weighted by Gasteiger charge is -2.26. The van der Waals surface area contributed by atoms with Crippen molar-refractivity contribution in [2.45, 2.75) is 70.8 Å². The van der Waals surface area contributed by atoms with Crippen molar-refractivity contribution in [3.8, 4) is 5.75 Å². The molecule has 3 nitrogen and oxygen atoms in total. The smallest absolute Gasteiger partial charge is 0.137 e. The first-order valence-electron chi connectivity index (χ1n) is 8.66. The maximum atomic E-state index is 5.75. The van der Waals surface area contributed by atoms with Crippen LogP contribution in [0.3, 0.4) is 0 Å². The van der Waals surface area contributed by atoms with E-state index in [0.717, 1.165) is 25.3 Å². The summed E-state index contributed by atoms with van der Waals surface area (Å²) in [5.41, 5.74) is 1.35. The molecule has 2 unspecified atom stereocenters. The number of hydrogen-bond donors (Lipinski definition) is 1. The van der Waals surface area contributed by atoms with Gasteiger partial charge < -0.3 is 10.1 Å². The van der Waals surface area contributed by atoms with Crippen molar-refractivity contribution in [3.05, 3.63) is 24.0 Å². The molecule has 0 spiro atoms. The predicted octanol–water partition coefficient (Wildman–Crippen LogP) is 4.29. The summed E-state index contributed by atoms with van der Waals surface area (Å²) in [4.78, 5) is 4.41. The number of rotatable bonds is 7. The van der Waals surface area contributed by atoms with Gasteiger partial charge in [-0.2, -0.15) is 0 Å². The van der Waals surface area contributed by atoms with Crippen molar-refractivity contribution < 1.29 is 4.74 Å². The van der Waals surface area contributed by atoms with E-state index >= 15 is 0 Å². The molecule has 0 saturated heterocycles. The molecule has 0 aliphatic heterocycles. The van der Waals surface area contributed by atoms with Gasteiger partial charge in [0.05, 0.1) is 12.8 Å². The van der Waals surface area contributed by atoms with Crippen LogP contribution in [0, 0.1) is 0 Å². The van der Waals surface area contributed by atoms with Crippen LogP contribution in [0.4, 0.5) is 0 Å². The number of pyridine rings is 1. The average Bonchev–Trinajstić information content (AvgIpc) is 2.76. The first kappa shape index (κ1) is 16.3. The molecule has 0 radical (unpaired) electrons. The Morgan fingerprint density at radius 3 is 2.81 bits per heavy atom. The molecule has 1 fully saturated rings. The van der Waals surface area contributed by atoms with Crippen LogP contribution in [-0.2, 0) is 0 Å². The lowest BCUT2D eigenvalue weighted by molar-refractivity contribution is 0.315. The monoisotopic (exact) mass is 290 g/mol. The summed E-state index contributed by atoms with van der Waals surface area (Å²) in [6.45, 7) is 6.25. The van der Waals surface area contributed by atoms with Gasteiger partial charge >= 0.3 is 0 Å². The summed E-state index contributed by atoms with van der Waals surface area (Å²) < 4.78 is 5.75. The zero-order valence-electron chi connectivity index (χ0n) is 13.6. The molecular weight excluding hydrogens is 260 g/mol. The van der Waals surface area contributed by atoms with Gasteiger partial charge in [0.1, 0.15) is 5.75 Å².